The van der Waals surface area contributed by atoms with Gasteiger partial charge in [-0.15, -0.1) is 0 Å². The molecule has 0 bridgehead atoms. The van der Waals surface area contributed by atoms with E-state index in [1.807, 2.05) is 42.5 Å². The molecule has 2 aromatic heterocycles. The van der Waals surface area contributed by atoms with Crippen molar-refractivity contribution in [3.63, 3.8) is 0 Å². The zero-order chi connectivity index (χ0) is 44.4. The second kappa shape index (κ2) is 15.7. The maximum Gasteiger partial charge on any atom is 0.143 e. The molecule has 0 spiro atoms. The van der Waals surface area contributed by atoms with Gasteiger partial charge in [0.25, 0.3) is 0 Å². The Bertz CT molecular complexity index is 3740. The quantitative estimate of drug-likeness (QED) is 0.136. The minimum atomic E-state index is -0.757. The van der Waals surface area contributed by atoms with Gasteiger partial charge < -0.3 is 13.7 Å². The van der Waals surface area contributed by atoms with Gasteiger partial charge in [0.15, 0.2) is 0 Å². The standard InChI is InChI=1S/C62H42FNO2/c1-3-43(63)38-54-48-37-36-45(39-55(48)62(2,42-20-8-5-9-21-42)59(54)53-28-17-27-52-50-24-12-15-31-58(50)66-61(52)53)64(56-29-13-10-22-46(56)40-18-6-4-7-19-40)44-34-32-41(33-35-44)47-25-16-26-51-49-23-11-14-30-57(49)65-60(47)51/h3-39H,1H2,2H3/b43-38+. The number of benzene rings is 9. The molecule has 1 unspecified atom stereocenters. The van der Waals surface area contributed by atoms with E-state index < -0.39 is 11.2 Å². The van der Waals surface area contributed by atoms with Gasteiger partial charge in [0.1, 0.15) is 28.2 Å². The summed E-state index contributed by atoms with van der Waals surface area (Å²) in [6.07, 6.45) is 2.92. The number of anilines is 3. The second-order valence-corrected chi connectivity index (χ2v) is 17.1. The van der Waals surface area contributed by atoms with Gasteiger partial charge in [-0.1, -0.05) is 176 Å². The summed E-state index contributed by atoms with van der Waals surface area (Å²) >= 11 is 0. The van der Waals surface area contributed by atoms with Crippen molar-refractivity contribution < 1.29 is 13.2 Å². The average Bonchev–Trinajstić information content (AvgIpc) is 4.03. The highest BCUT2D eigenvalue weighted by Gasteiger charge is 2.44. The van der Waals surface area contributed by atoms with Crippen LogP contribution in [0.15, 0.2) is 246 Å². The summed E-state index contributed by atoms with van der Waals surface area (Å²) in [4.78, 5) is 2.34. The van der Waals surface area contributed by atoms with E-state index in [1.165, 1.54) is 6.08 Å². The van der Waals surface area contributed by atoms with Gasteiger partial charge in [0.2, 0.25) is 0 Å². The third-order valence-electron chi connectivity index (χ3n) is 13.4. The summed E-state index contributed by atoms with van der Waals surface area (Å²) in [5, 5.41) is 4.25. The van der Waals surface area contributed by atoms with Crippen LogP contribution in [0.5, 0.6) is 0 Å². The highest BCUT2D eigenvalue weighted by Crippen LogP contribution is 2.58. The number of nitrogens with zero attached hydrogens (tertiary/aromatic N) is 1. The molecule has 4 heteroatoms. The first kappa shape index (κ1) is 39.1. The molecule has 1 aliphatic rings. The third kappa shape index (κ3) is 6.17. The molecule has 0 aliphatic heterocycles. The first-order valence-corrected chi connectivity index (χ1v) is 22.3. The van der Waals surface area contributed by atoms with Crippen molar-refractivity contribution in [2.45, 2.75) is 12.3 Å². The number of hydrogen-bond acceptors (Lipinski definition) is 3. The SMILES string of the molecule is C=C/C(F)=C\C1=C(c2cccc3c2oc2ccccc23)C(C)(c2ccccc2)c2cc(N(c3ccc(-c4cccc5c4oc4ccccc45)cc3)c3ccccc3-c3ccccc3)ccc21. The van der Waals surface area contributed by atoms with Crippen LogP contribution in [-0.4, -0.2) is 0 Å². The van der Waals surface area contributed by atoms with E-state index in [1.54, 1.807) is 6.08 Å². The number of furan rings is 2. The largest absolute Gasteiger partial charge is 0.455 e. The van der Waals surface area contributed by atoms with Crippen molar-refractivity contribution in [2.24, 2.45) is 0 Å². The molecular weight excluding hydrogens is 810 g/mol. The van der Waals surface area contributed by atoms with Crippen LogP contribution >= 0.6 is 0 Å². The molecule has 12 rings (SSSR count). The predicted octanol–water partition coefficient (Wildman–Crippen LogP) is 17.6. The summed E-state index contributed by atoms with van der Waals surface area (Å²) in [6, 6.07) is 74.0. The molecule has 66 heavy (non-hydrogen) atoms. The fraction of sp³-hybridized carbons (Fsp3) is 0.0323. The van der Waals surface area contributed by atoms with E-state index >= 15 is 4.39 Å². The average molecular weight is 852 g/mol. The maximum atomic E-state index is 15.9. The maximum absolute atomic E-state index is 15.9. The van der Waals surface area contributed by atoms with E-state index in [9.17, 15) is 0 Å². The molecule has 11 aromatic rings. The first-order valence-electron chi connectivity index (χ1n) is 22.3. The van der Waals surface area contributed by atoms with Crippen molar-refractivity contribution in [3.05, 3.63) is 259 Å². The molecule has 0 radical (unpaired) electrons. The van der Waals surface area contributed by atoms with Crippen LogP contribution < -0.4 is 4.90 Å². The minimum Gasteiger partial charge on any atom is -0.455 e. The fourth-order valence-electron chi connectivity index (χ4n) is 10.4. The Morgan fingerprint density at radius 3 is 1.71 bits per heavy atom. The highest BCUT2D eigenvalue weighted by atomic mass is 19.1. The molecule has 0 saturated carbocycles. The van der Waals surface area contributed by atoms with Gasteiger partial charge in [0.05, 0.1) is 5.69 Å². The summed E-state index contributed by atoms with van der Waals surface area (Å²) in [6.45, 7) is 6.09. The molecule has 1 aliphatic carbocycles. The molecule has 0 N–H and O–H groups in total. The topological polar surface area (TPSA) is 29.5 Å². The minimum absolute atomic E-state index is 0.413. The molecule has 1 atom stereocenters. The Morgan fingerprint density at radius 2 is 1.03 bits per heavy atom. The lowest BCUT2D eigenvalue weighted by atomic mass is 9.71. The van der Waals surface area contributed by atoms with Crippen molar-refractivity contribution in [3.8, 4) is 22.3 Å². The van der Waals surface area contributed by atoms with E-state index in [0.717, 1.165) is 117 Å². The van der Waals surface area contributed by atoms with Crippen LogP contribution in [0.1, 0.15) is 29.2 Å². The smallest absolute Gasteiger partial charge is 0.143 e. The van der Waals surface area contributed by atoms with E-state index in [-0.39, 0.29) is 0 Å². The zero-order valence-electron chi connectivity index (χ0n) is 36.2. The van der Waals surface area contributed by atoms with Crippen LogP contribution in [0.3, 0.4) is 0 Å². The fourth-order valence-corrected chi connectivity index (χ4v) is 10.4. The lowest BCUT2D eigenvalue weighted by Crippen LogP contribution is -2.24. The normalized spacial score (nSPS) is 15.0. The Balaban J connectivity index is 1.09. The van der Waals surface area contributed by atoms with Crippen LogP contribution in [0.25, 0.3) is 77.3 Å². The molecule has 0 amide bonds. The zero-order valence-corrected chi connectivity index (χ0v) is 36.2. The Hall–Kier alpha value is -8.47. The lowest BCUT2D eigenvalue weighted by Gasteiger charge is -2.33. The van der Waals surface area contributed by atoms with E-state index in [2.05, 4.69) is 188 Å². The van der Waals surface area contributed by atoms with Gasteiger partial charge >= 0.3 is 0 Å². The summed E-state index contributed by atoms with van der Waals surface area (Å²) < 4.78 is 29.1. The van der Waals surface area contributed by atoms with Gasteiger partial charge in [-0.2, -0.15) is 0 Å². The van der Waals surface area contributed by atoms with Crippen molar-refractivity contribution in [1.82, 2.24) is 0 Å². The summed E-state index contributed by atoms with van der Waals surface area (Å²) in [5.41, 5.74) is 15.5. The van der Waals surface area contributed by atoms with Crippen LogP contribution in [-0.2, 0) is 5.41 Å². The third-order valence-corrected chi connectivity index (χ3v) is 13.4. The number of halogens is 1. The highest BCUT2D eigenvalue weighted by molar-refractivity contribution is 6.15. The molecule has 2 heterocycles. The Labute approximate surface area is 382 Å². The van der Waals surface area contributed by atoms with Crippen molar-refractivity contribution in [2.75, 3.05) is 4.90 Å². The van der Waals surface area contributed by atoms with E-state index in [0.29, 0.717) is 0 Å². The van der Waals surface area contributed by atoms with Crippen LogP contribution in [0.2, 0.25) is 0 Å². The van der Waals surface area contributed by atoms with Crippen LogP contribution in [0, 0.1) is 0 Å². The number of rotatable bonds is 9. The summed E-state index contributed by atoms with van der Waals surface area (Å²) in [5.74, 6) is -0.413. The molecule has 0 saturated heterocycles. The lowest BCUT2D eigenvalue weighted by molar-refractivity contribution is 0.664. The van der Waals surface area contributed by atoms with Gasteiger partial charge in [-0.05, 0) is 101 Å². The van der Waals surface area contributed by atoms with Crippen molar-refractivity contribution >= 4 is 72.1 Å². The monoisotopic (exact) mass is 851 g/mol. The molecule has 3 nitrogen and oxygen atoms in total. The number of fused-ring (bicyclic) bond motifs is 7. The predicted molar refractivity (Wildman–Crippen MR) is 272 cm³/mol. The molecule has 0 fully saturated rings. The number of hydrogen-bond donors (Lipinski definition) is 0. The van der Waals surface area contributed by atoms with E-state index in [4.69, 9.17) is 8.83 Å². The van der Waals surface area contributed by atoms with Crippen LogP contribution in [0.4, 0.5) is 21.5 Å². The Morgan fingerprint density at radius 1 is 0.500 bits per heavy atom. The number of allylic oxidation sites excluding steroid dienone is 5. The molecular formula is C62H42FNO2. The van der Waals surface area contributed by atoms with Gasteiger partial charge in [-0.3, -0.25) is 0 Å². The van der Waals surface area contributed by atoms with Gasteiger partial charge in [0, 0.05) is 55.0 Å². The second-order valence-electron chi connectivity index (χ2n) is 17.1. The first-order chi connectivity index (χ1) is 32.5. The summed E-state index contributed by atoms with van der Waals surface area (Å²) in [7, 11) is 0. The molecule has 9 aromatic carbocycles. The number of para-hydroxylation sites is 5. The van der Waals surface area contributed by atoms with Crippen molar-refractivity contribution in [1.29, 1.82) is 0 Å². The van der Waals surface area contributed by atoms with Gasteiger partial charge in [-0.25, -0.2) is 4.39 Å². The molecule has 314 valence electrons. The Kier molecular flexibility index (Phi) is 9.28.